The van der Waals surface area contributed by atoms with Gasteiger partial charge in [0.2, 0.25) is 0 Å². The molecule has 1 aromatic rings. The van der Waals surface area contributed by atoms with Crippen LogP contribution in [0.1, 0.15) is 31.4 Å². The summed E-state index contributed by atoms with van der Waals surface area (Å²) < 4.78 is 50.4. The van der Waals surface area contributed by atoms with Gasteiger partial charge >= 0.3 is 12.1 Å². The van der Waals surface area contributed by atoms with Gasteiger partial charge in [-0.15, -0.1) is 0 Å². The van der Waals surface area contributed by atoms with Crippen molar-refractivity contribution in [3.63, 3.8) is 0 Å². The molecule has 0 bridgehead atoms. The van der Waals surface area contributed by atoms with E-state index in [2.05, 4.69) is 0 Å². The van der Waals surface area contributed by atoms with Crippen LogP contribution in [0, 0.1) is 0 Å². The van der Waals surface area contributed by atoms with Gasteiger partial charge in [-0.05, 0) is 12.1 Å². The standard InChI is InChI=1S/C14H15F3O4/c1-13(2,7-10(18)19)11-8(14(15,16)17)3-4-9-12(11)21-6-5-20-9/h3-4H,5-7H2,1-2H3,(H,18,19). The van der Waals surface area contributed by atoms with E-state index in [-0.39, 0.29) is 30.3 Å². The second-order valence-corrected chi connectivity index (χ2v) is 5.46. The molecule has 1 aliphatic rings. The lowest BCUT2D eigenvalue weighted by atomic mass is 9.78. The van der Waals surface area contributed by atoms with Crippen LogP contribution in [0.5, 0.6) is 11.5 Å². The number of fused-ring (bicyclic) bond motifs is 1. The normalized spacial score (nSPS) is 14.9. The largest absolute Gasteiger partial charge is 0.486 e. The summed E-state index contributed by atoms with van der Waals surface area (Å²) in [5.74, 6) is -0.979. The zero-order valence-electron chi connectivity index (χ0n) is 11.6. The van der Waals surface area contributed by atoms with Crippen molar-refractivity contribution < 1.29 is 32.5 Å². The summed E-state index contributed by atoms with van der Waals surface area (Å²) in [6.07, 6.45) is -5.04. The summed E-state index contributed by atoms with van der Waals surface area (Å²) in [5.41, 5.74) is -2.31. The van der Waals surface area contributed by atoms with E-state index in [1.165, 1.54) is 19.9 Å². The zero-order chi connectivity index (χ0) is 15.8. The minimum absolute atomic E-state index is 0.0117. The summed E-state index contributed by atoms with van der Waals surface area (Å²) >= 11 is 0. The molecule has 1 aliphatic heterocycles. The van der Waals surface area contributed by atoms with Crippen LogP contribution in [0.15, 0.2) is 12.1 Å². The van der Waals surface area contributed by atoms with E-state index in [1.54, 1.807) is 0 Å². The third-order valence-corrected chi connectivity index (χ3v) is 3.28. The van der Waals surface area contributed by atoms with Crippen molar-refractivity contribution in [1.82, 2.24) is 0 Å². The summed E-state index contributed by atoms with van der Waals surface area (Å²) in [5, 5.41) is 8.95. The van der Waals surface area contributed by atoms with Crippen LogP contribution in [-0.4, -0.2) is 24.3 Å². The van der Waals surface area contributed by atoms with Crippen molar-refractivity contribution in [2.24, 2.45) is 0 Å². The summed E-state index contributed by atoms with van der Waals surface area (Å²) in [4.78, 5) is 11.0. The maximum absolute atomic E-state index is 13.2. The minimum atomic E-state index is -4.60. The SMILES string of the molecule is CC(C)(CC(=O)O)c1c(C(F)(F)F)ccc2c1OCCO2. The number of hydrogen-bond acceptors (Lipinski definition) is 3. The zero-order valence-corrected chi connectivity index (χ0v) is 11.6. The van der Waals surface area contributed by atoms with Gasteiger partial charge in [-0.1, -0.05) is 13.8 Å². The second-order valence-electron chi connectivity index (χ2n) is 5.46. The Morgan fingerprint density at radius 1 is 1.24 bits per heavy atom. The lowest BCUT2D eigenvalue weighted by Crippen LogP contribution is -2.29. The summed E-state index contributed by atoms with van der Waals surface area (Å²) in [6, 6.07) is 2.12. The Hall–Kier alpha value is -1.92. The first-order valence-electron chi connectivity index (χ1n) is 6.35. The van der Waals surface area contributed by atoms with Crippen LogP contribution >= 0.6 is 0 Å². The van der Waals surface area contributed by atoms with Crippen LogP contribution in [0.2, 0.25) is 0 Å². The van der Waals surface area contributed by atoms with Crippen LogP contribution in [0.3, 0.4) is 0 Å². The van der Waals surface area contributed by atoms with Gasteiger partial charge in [0.05, 0.1) is 12.0 Å². The van der Waals surface area contributed by atoms with Gasteiger partial charge in [-0.2, -0.15) is 13.2 Å². The van der Waals surface area contributed by atoms with Gasteiger partial charge in [-0.3, -0.25) is 4.79 Å². The number of carbonyl (C=O) groups is 1. The summed E-state index contributed by atoms with van der Waals surface area (Å²) in [6.45, 7) is 3.27. The van der Waals surface area contributed by atoms with Gasteiger partial charge in [0.25, 0.3) is 0 Å². The number of rotatable bonds is 3. The quantitative estimate of drug-likeness (QED) is 0.931. The Labute approximate surface area is 119 Å². The van der Waals surface area contributed by atoms with Gasteiger partial charge in [0.1, 0.15) is 13.2 Å². The number of alkyl halides is 3. The van der Waals surface area contributed by atoms with E-state index in [0.717, 1.165) is 6.07 Å². The van der Waals surface area contributed by atoms with E-state index >= 15 is 0 Å². The highest BCUT2D eigenvalue weighted by Gasteiger charge is 2.42. The Bertz CT molecular complexity index is 564. The fourth-order valence-corrected chi connectivity index (χ4v) is 2.49. The molecule has 0 saturated carbocycles. The van der Waals surface area contributed by atoms with Crippen LogP contribution in [-0.2, 0) is 16.4 Å². The molecule has 0 aliphatic carbocycles. The molecule has 0 saturated heterocycles. The maximum atomic E-state index is 13.2. The minimum Gasteiger partial charge on any atom is -0.486 e. The topological polar surface area (TPSA) is 55.8 Å². The number of benzene rings is 1. The summed E-state index contributed by atoms with van der Waals surface area (Å²) in [7, 11) is 0. The van der Waals surface area contributed by atoms with Crippen LogP contribution in [0.25, 0.3) is 0 Å². The van der Waals surface area contributed by atoms with Crippen molar-refractivity contribution in [3.8, 4) is 11.5 Å². The fraction of sp³-hybridized carbons (Fsp3) is 0.500. The molecular weight excluding hydrogens is 289 g/mol. The van der Waals surface area contributed by atoms with E-state index < -0.39 is 29.5 Å². The average molecular weight is 304 g/mol. The third-order valence-electron chi connectivity index (χ3n) is 3.28. The molecule has 7 heteroatoms. The maximum Gasteiger partial charge on any atom is 0.416 e. The number of halogens is 3. The van der Waals surface area contributed by atoms with Gasteiger partial charge in [0, 0.05) is 11.0 Å². The number of hydrogen-bond donors (Lipinski definition) is 1. The molecule has 1 heterocycles. The van der Waals surface area contributed by atoms with E-state index in [0.29, 0.717) is 0 Å². The molecule has 1 aromatic carbocycles. The van der Waals surface area contributed by atoms with Crippen molar-refractivity contribution in [2.45, 2.75) is 31.9 Å². The Morgan fingerprint density at radius 3 is 2.43 bits per heavy atom. The number of ether oxygens (including phenoxy) is 2. The first-order chi connectivity index (χ1) is 9.63. The average Bonchev–Trinajstić information content (AvgIpc) is 2.34. The molecule has 0 spiro atoms. The molecule has 21 heavy (non-hydrogen) atoms. The molecule has 0 aromatic heterocycles. The van der Waals surface area contributed by atoms with E-state index in [1.807, 2.05) is 0 Å². The highest BCUT2D eigenvalue weighted by atomic mass is 19.4. The predicted octanol–water partition coefficient (Wildman–Crippen LogP) is 3.23. The lowest BCUT2D eigenvalue weighted by molar-refractivity contribution is -0.141. The van der Waals surface area contributed by atoms with Crippen molar-refractivity contribution in [2.75, 3.05) is 13.2 Å². The number of carboxylic acids is 1. The molecule has 0 atom stereocenters. The van der Waals surface area contributed by atoms with E-state index in [9.17, 15) is 18.0 Å². The van der Waals surface area contributed by atoms with Crippen molar-refractivity contribution >= 4 is 5.97 Å². The number of aliphatic carboxylic acids is 1. The second kappa shape index (κ2) is 5.13. The smallest absolute Gasteiger partial charge is 0.416 e. The van der Waals surface area contributed by atoms with Gasteiger partial charge < -0.3 is 14.6 Å². The molecule has 1 N–H and O–H groups in total. The molecule has 2 rings (SSSR count). The molecular formula is C14H15F3O4. The molecule has 116 valence electrons. The Morgan fingerprint density at radius 2 is 1.86 bits per heavy atom. The molecule has 0 amide bonds. The predicted molar refractivity (Wildman–Crippen MR) is 67.7 cm³/mol. The van der Waals surface area contributed by atoms with Crippen molar-refractivity contribution in [1.29, 1.82) is 0 Å². The fourth-order valence-electron chi connectivity index (χ4n) is 2.49. The first kappa shape index (κ1) is 15.5. The van der Waals surface area contributed by atoms with Gasteiger partial charge in [0.15, 0.2) is 11.5 Å². The van der Waals surface area contributed by atoms with Crippen molar-refractivity contribution in [3.05, 3.63) is 23.3 Å². The Kier molecular flexibility index (Phi) is 3.78. The monoisotopic (exact) mass is 304 g/mol. The molecule has 4 nitrogen and oxygen atoms in total. The highest BCUT2D eigenvalue weighted by molar-refractivity contribution is 5.70. The molecule has 0 unspecified atom stereocenters. The highest BCUT2D eigenvalue weighted by Crippen LogP contribution is 2.48. The van der Waals surface area contributed by atoms with Crippen LogP contribution in [0.4, 0.5) is 13.2 Å². The lowest BCUT2D eigenvalue weighted by Gasteiger charge is -2.32. The Balaban J connectivity index is 2.67. The van der Waals surface area contributed by atoms with E-state index in [4.69, 9.17) is 14.6 Å². The van der Waals surface area contributed by atoms with Crippen LogP contribution < -0.4 is 9.47 Å². The molecule has 0 radical (unpaired) electrons. The number of carboxylic acid groups (broad SMARTS) is 1. The van der Waals surface area contributed by atoms with Gasteiger partial charge in [-0.25, -0.2) is 0 Å². The molecule has 0 fully saturated rings. The first-order valence-corrected chi connectivity index (χ1v) is 6.35. The third kappa shape index (κ3) is 3.06.